The molecule has 26 heavy (non-hydrogen) atoms. The first-order valence-electron chi connectivity index (χ1n) is 8.28. The van der Waals surface area contributed by atoms with Crippen molar-refractivity contribution in [3.8, 4) is 17.2 Å². The van der Waals surface area contributed by atoms with Crippen LogP contribution in [0.15, 0.2) is 47.8 Å². The molecule has 0 fully saturated rings. The van der Waals surface area contributed by atoms with Crippen LogP contribution in [0.4, 0.5) is 0 Å². The third-order valence-electron chi connectivity index (χ3n) is 4.42. The number of aryl methyl sites for hydroxylation is 1. The van der Waals surface area contributed by atoms with E-state index in [4.69, 9.17) is 14.2 Å². The monoisotopic (exact) mass is 354 g/mol. The van der Waals surface area contributed by atoms with Crippen LogP contribution in [-0.4, -0.2) is 36.8 Å². The highest BCUT2D eigenvalue weighted by Crippen LogP contribution is 2.39. The second-order valence-electron chi connectivity index (χ2n) is 5.74. The van der Waals surface area contributed by atoms with Crippen molar-refractivity contribution in [2.45, 2.75) is 13.5 Å². The van der Waals surface area contributed by atoms with E-state index in [2.05, 4.69) is 16.6 Å². The van der Waals surface area contributed by atoms with Gasteiger partial charge in [-0.25, -0.2) is 0 Å². The molecule has 0 bridgehead atoms. The maximum Gasteiger partial charge on any atom is 0.203 e. The average molecular weight is 354 g/mol. The van der Waals surface area contributed by atoms with Crippen LogP contribution in [-0.2, 0) is 6.54 Å². The van der Waals surface area contributed by atoms with Crippen LogP contribution >= 0.6 is 0 Å². The molecule has 0 amide bonds. The number of nitrogens with zero attached hydrogens (tertiary/aromatic N) is 2. The van der Waals surface area contributed by atoms with Crippen LogP contribution in [0.2, 0.25) is 0 Å². The van der Waals surface area contributed by atoms with Gasteiger partial charge in [-0.1, -0.05) is 11.2 Å². The quantitative estimate of drug-likeness (QED) is 0.414. The van der Waals surface area contributed by atoms with E-state index in [1.165, 1.54) is 0 Å². The number of hydrogen-bond acceptors (Lipinski definition) is 5. The fraction of sp³-hybridized carbons (Fsp3) is 0.250. The molecular formula is C20H22N2O4. The van der Waals surface area contributed by atoms with Crippen molar-refractivity contribution in [2.24, 2.45) is 5.16 Å². The summed E-state index contributed by atoms with van der Waals surface area (Å²) in [5, 5.41) is 14.3. The summed E-state index contributed by atoms with van der Waals surface area (Å²) >= 11 is 0. The highest BCUT2D eigenvalue weighted by molar-refractivity contribution is 6.14. The van der Waals surface area contributed by atoms with Gasteiger partial charge in [0.15, 0.2) is 11.5 Å². The Hall–Kier alpha value is -3.15. The molecule has 0 unspecified atom stereocenters. The van der Waals surface area contributed by atoms with E-state index in [-0.39, 0.29) is 0 Å². The zero-order valence-electron chi connectivity index (χ0n) is 15.3. The number of rotatable bonds is 6. The number of oxime groups is 1. The minimum absolute atomic E-state index is 0.426. The molecule has 1 aromatic heterocycles. The maximum atomic E-state index is 9.68. The molecule has 0 aliphatic carbocycles. The summed E-state index contributed by atoms with van der Waals surface area (Å²) in [6.07, 6.45) is 2.05. The Labute approximate surface area is 152 Å². The van der Waals surface area contributed by atoms with Gasteiger partial charge in [0.05, 0.1) is 21.3 Å². The smallest absolute Gasteiger partial charge is 0.203 e. The summed E-state index contributed by atoms with van der Waals surface area (Å²) in [6.45, 7) is 3.00. The lowest BCUT2D eigenvalue weighted by atomic mass is 10.00. The molecule has 0 saturated heterocycles. The largest absolute Gasteiger partial charge is 0.493 e. The van der Waals surface area contributed by atoms with Gasteiger partial charge in [-0.15, -0.1) is 0 Å². The van der Waals surface area contributed by atoms with Crippen molar-refractivity contribution in [1.82, 2.24) is 4.57 Å². The number of ether oxygens (including phenoxy) is 3. The van der Waals surface area contributed by atoms with E-state index in [0.717, 1.165) is 23.0 Å². The number of methoxy groups -OCH3 is 3. The van der Waals surface area contributed by atoms with Crippen LogP contribution in [0, 0.1) is 0 Å². The van der Waals surface area contributed by atoms with E-state index in [0.29, 0.717) is 28.5 Å². The first kappa shape index (κ1) is 17.7. The standard InChI is InChI=1S/C20H22N2O4/c1-5-22-9-8-13-10-14(6-7-16(13)22)19(21-23)15-11-17(24-2)20(26-4)18(12-15)25-3/h6-12,23H,5H2,1-4H3/b21-19+. The molecule has 0 atom stereocenters. The first-order valence-corrected chi connectivity index (χ1v) is 8.28. The summed E-state index contributed by atoms with van der Waals surface area (Å²) in [5.41, 5.74) is 3.02. The van der Waals surface area contributed by atoms with Gasteiger partial charge >= 0.3 is 0 Å². The van der Waals surface area contributed by atoms with Gasteiger partial charge in [0, 0.05) is 34.8 Å². The Kier molecular flexibility index (Phi) is 5.02. The molecule has 2 aromatic carbocycles. The summed E-state index contributed by atoms with van der Waals surface area (Å²) in [6, 6.07) is 11.5. The SMILES string of the molecule is CCn1ccc2cc(/C(=N\O)c3cc(OC)c(OC)c(OC)c3)ccc21. The van der Waals surface area contributed by atoms with Crippen molar-refractivity contribution in [1.29, 1.82) is 0 Å². The third-order valence-corrected chi connectivity index (χ3v) is 4.42. The minimum atomic E-state index is 0.426. The predicted octanol–water partition coefficient (Wildman–Crippen LogP) is 3.91. The molecule has 3 rings (SSSR count). The molecule has 0 saturated carbocycles. The molecule has 1 heterocycles. The summed E-state index contributed by atoms with van der Waals surface area (Å²) in [5.74, 6) is 1.49. The van der Waals surface area contributed by atoms with Crippen molar-refractivity contribution >= 4 is 16.6 Å². The van der Waals surface area contributed by atoms with E-state index in [1.54, 1.807) is 33.5 Å². The topological polar surface area (TPSA) is 65.2 Å². The van der Waals surface area contributed by atoms with Crippen molar-refractivity contribution in [3.05, 3.63) is 53.7 Å². The Balaban J connectivity index is 2.12. The number of hydrogen-bond donors (Lipinski definition) is 1. The fourth-order valence-electron chi connectivity index (χ4n) is 3.12. The highest BCUT2D eigenvalue weighted by atomic mass is 16.5. The highest BCUT2D eigenvalue weighted by Gasteiger charge is 2.18. The molecule has 0 radical (unpaired) electrons. The molecule has 6 nitrogen and oxygen atoms in total. The Morgan fingerprint density at radius 1 is 0.962 bits per heavy atom. The average Bonchev–Trinajstić information content (AvgIpc) is 3.10. The summed E-state index contributed by atoms with van der Waals surface area (Å²) < 4.78 is 18.3. The van der Waals surface area contributed by atoms with Gasteiger partial charge in [-0.05, 0) is 37.3 Å². The second-order valence-corrected chi connectivity index (χ2v) is 5.74. The summed E-state index contributed by atoms with van der Waals surface area (Å²) in [7, 11) is 4.65. The number of fused-ring (bicyclic) bond motifs is 1. The van der Waals surface area contributed by atoms with Gasteiger partial charge in [0.25, 0.3) is 0 Å². The summed E-state index contributed by atoms with van der Waals surface area (Å²) in [4.78, 5) is 0. The molecule has 136 valence electrons. The lowest BCUT2D eigenvalue weighted by Crippen LogP contribution is -2.06. The van der Waals surface area contributed by atoms with Crippen LogP contribution in [0.3, 0.4) is 0 Å². The van der Waals surface area contributed by atoms with Gasteiger partial charge in [0.2, 0.25) is 5.75 Å². The van der Waals surface area contributed by atoms with Gasteiger partial charge in [-0.3, -0.25) is 0 Å². The minimum Gasteiger partial charge on any atom is -0.493 e. The van der Waals surface area contributed by atoms with E-state index in [1.807, 2.05) is 30.5 Å². The molecule has 1 N–H and O–H groups in total. The Bertz CT molecular complexity index is 935. The van der Waals surface area contributed by atoms with Crippen LogP contribution in [0.1, 0.15) is 18.1 Å². The molecular weight excluding hydrogens is 332 g/mol. The van der Waals surface area contributed by atoms with Crippen molar-refractivity contribution in [2.75, 3.05) is 21.3 Å². The second kappa shape index (κ2) is 7.39. The lowest BCUT2D eigenvalue weighted by Gasteiger charge is -2.15. The van der Waals surface area contributed by atoms with Crippen molar-refractivity contribution in [3.63, 3.8) is 0 Å². The maximum absolute atomic E-state index is 9.68. The fourth-order valence-corrected chi connectivity index (χ4v) is 3.12. The lowest BCUT2D eigenvalue weighted by molar-refractivity contribution is 0.318. The van der Waals surface area contributed by atoms with Gasteiger partial charge in [-0.2, -0.15) is 0 Å². The van der Waals surface area contributed by atoms with Gasteiger partial charge in [0.1, 0.15) is 5.71 Å². The predicted molar refractivity (Wildman–Crippen MR) is 101 cm³/mol. The third kappa shape index (κ3) is 2.94. The van der Waals surface area contributed by atoms with Crippen LogP contribution in [0.25, 0.3) is 10.9 Å². The van der Waals surface area contributed by atoms with E-state index >= 15 is 0 Å². The molecule has 3 aromatic rings. The number of aromatic nitrogens is 1. The molecule has 6 heteroatoms. The van der Waals surface area contributed by atoms with E-state index in [9.17, 15) is 5.21 Å². The van der Waals surface area contributed by atoms with Crippen molar-refractivity contribution < 1.29 is 19.4 Å². The zero-order valence-corrected chi connectivity index (χ0v) is 15.3. The molecule has 0 aliphatic rings. The number of benzene rings is 2. The molecule has 0 spiro atoms. The van der Waals surface area contributed by atoms with E-state index < -0.39 is 0 Å². The zero-order chi connectivity index (χ0) is 18.7. The Morgan fingerprint density at radius 3 is 2.19 bits per heavy atom. The van der Waals surface area contributed by atoms with Crippen LogP contribution < -0.4 is 14.2 Å². The Morgan fingerprint density at radius 2 is 1.65 bits per heavy atom. The van der Waals surface area contributed by atoms with Gasteiger partial charge < -0.3 is 24.0 Å². The first-order chi connectivity index (χ1) is 12.7. The normalized spacial score (nSPS) is 11.6. The molecule has 0 aliphatic heterocycles. The van der Waals surface area contributed by atoms with Crippen LogP contribution in [0.5, 0.6) is 17.2 Å².